The molecule has 35 heavy (non-hydrogen) atoms. The molecule has 0 aromatic heterocycles. The van der Waals surface area contributed by atoms with Gasteiger partial charge in [0.2, 0.25) is 0 Å². The summed E-state index contributed by atoms with van der Waals surface area (Å²) in [5.74, 6) is -0.917. The number of carboxylic acid groups (broad SMARTS) is 1. The van der Waals surface area contributed by atoms with Gasteiger partial charge in [-0.25, -0.2) is 4.39 Å². The number of unbranched alkanes of at least 4 members (excludes halogenated alkanes) is 3. The van der Waals surface area contributed by atoms with Crippen molar-refractivity contribution in [2.75, 3.05) is 7.11 Å². The highest BCUT2D eigenvalue weighted by Crippen LogP contribution is 2.15. The first-order chi connectivity index (χ1) is 17.0. The second-order valence-electron chi connectivity index (χ2n) is 6.86. The number of rotatable bonds is 8. The van der Waals surface area contributed by atoms with E-state index < -0.39 is 12.1 Å². The van der Waals surface area contributed by atoms with Crippen molar-refractivity contribution in [2.45, 2.75) is 132 Å². The number of benzene rings is 1. The van der Waals surface area contributed by atoms with E-state index in [0.717, 1.165) is 31.9 Å². The minimum atomic E-state index is -0.675. The van der Waals surface area contributed by atoms with Crippen molar-refractivity contribution < 1.29 is 24.5 Å². The Morgan fingerprint density at radius 1 is 0.857 bits per heavy atom. The Balaban J connectivity index is -0.000000119. The van der Waals surface area contributed by atoms with Crippen molar-refractivity contribution >= 4 is 12.0 Å². The average Bonchev–Trinajstić information content (AvgIpc) is 3.52. The van der Waals surface area contributed by atoms with Crippen molar-refractivity contribution in [1.82, 2.24) is 0 Å². The molecule has 1 saturated carbocycles. The Bertz CT molecular complexity index is 490. The summed E-state index contributed by atoms with van der Waals surface area (Å²) in [5, 5.41) is 24.4. The molecule has 0 spiro atoms. The topological polar surface area (TPSA) is 77.8 Å². The third-order valence-corrected chi connectivity index (χ3v) is 4.29. The monoisotopic (exact) mass is 502 g/mol. The van der Waals surface area contributed by atoms with E-state index in [4.69, 9.17) is 10.2 Å². The van der Waals surface area contributed by atoms with Gasteiger partial charge in [-0.05, 0) is 30.5 Å². The first-order valence-corrected chi connectivity index (χ1v) is 13.8. The highest BCUT2D eigenvalue weighted by molar-refractivity contribution is 5.66. The van der Waals surface area contributed by atoms with Gasteiger partial charge in [0.25, 0.3) is 0 Å². The lowest BCUT2D eigenvalue weighted by Crippen LogP contribution is -1.97. The smallest absolute Gasteiger partial charge is 0.303 e. The van der Waals surface area contributed by atoms with E-state index in [9.17, 15) is 14.3 Å². The van der Waals surface area contributed by atoms with Gasteiger partial charge in [0, 0.05) is 13.5 Å². The molecule has 0 saturated heterocycles. The van der Waals surface area contributed by atoms with Crippen LogP contribution in [-0.2, 0) is 4.79 Å². The maximum atomic E-state index is 12.5. The maximum absolute atomic E-state index is 12.5. The normalized spacial score (nSPS) is 11.5. The molecule has 5 heteroatoms. The second kappa shape index (κ2) is 42.4. The summed E-state index contributed by atoms with van der Waals surface area (Å²) in [6, 6.07) is 6.15. The molecule has 0 heterocycles. The van der Waals surface area contributed by atoms with Crippen LogP contribution >= 0.6 is 0 Å². The van der Waals surface area contributed by atoms with E-state index in [1.54, 1.807) is 24.3 Å². The maximum Gasteiger partial charge on any atom is 0.303 e. The zero-order valence-corrected chi connectivity index (χ0v) is 24.4. The molecule has 1 aliphatic carbocycles. The lowest BCUT2D eigenvalue weighted by Gasteiger charge is -1.98. The fraction of sp³-hybridized carbons (Fsp3) is 0.700. The highest BCUT2D eigenvalue weighted by Gasteiger charge is 1.96. The molecule has 0 aliphatic heterocycles. The molecule has 2 rings (SSSR count). The Morgan fingerprint density at radius 3 is 1.63 bits per heavy atom. The number of hydrogen-bond donors (Lipinski definition) is 3. The number of aliphatic carboxylic acids is 1. The Hall–Kier alpha value is -1.72. The van der Waals surface area contributed by atoms with E-state index in [0.29, 0.717) is 12.8 Å². The molecular formula is C30H59FO4. The van der Waals surface area contributed by atoms with Crippen LogP contribution in [0.5, 0.6) is 0 Å². The number of aliphatic hydroxyl groups excluding tert-OH is 2. The number of carbonyl (C=O) groups is 1. The van der Waals surface area contributed by atoms with Crippen molar-refractivity contribution in [1.29, 1.82) is 0 Å². The molecule has 1 fully saturated rings. The summed E-state index contributed by atoms with van der Waals surface area (Å²) in [4.78, 5) is 9.96. The quantitative estimate of drug-likeness (QED) is 0.309. The molecule has 1 unspecified atom stereocenters. The van der Waals surface area contributed by atoms with Gasteiger partial charge >= 0.3 is 5.97 Å². The Kier molecular flexibility index (Phi) is 52.6. The van der Waals surface area contributed by atoms with E-state index in [1.165, 1.54) is 50.7 Å². The predicted molar refractivity (Wildman–Crippen MR) is 153 cm³/mol. The van der Waals surface area contributed by atoms with Gasteiger partial charge in [-0.1, -0.05) is 131 Å². The van der Waals surface area contributed by atoms with Crippen LogP contribution in [-0.4, -0.2) is 34.5 Å². The first kappa shape index (κ1) is 43.4. The lowest BCUT2D eigenvalue weighted by atomic mass is 10.1. The highest BCUT2D eigenvalue weighted by atomic mass is 19.1. The Labute approximate surface area is 217 Å². The predicted octanol–water partition coefficient (Wildman–Crippen LogP) is 9.29. The summed E-state index contributed by atoms with van der Waals surface area (Å²) in [7, 11) is 1.00. The van der Waals surface area contributed by atoms with Crippen LogP contribution in [0.4, 0.5) is 4.39 Å². The van der Waals surface area contributed by atoms with E-state index >= 15 is 0 Å². The molecule has 210 valence electrons. The van der Waals surface area contributed by atoms with Crippen molar-refractivity contribution in [3.8, 4) is 0 Å². The SMILES string of the molecule is C1CCCC1.CC.CC.CC.CCC(O)/C=C/c1ccc(F)cc1.CCCCCCC(=O)O.CO. The van der Waals surface area contributed by atoms with Crippen LogP contribution in [0.1, 0.15) is 132 Å². The number of aliphatic hydroxyl groups is 2. The van der Waals surface area contributed by atoms with Gasteiger partial charge < -0.3 is 15.3 Å². The molecule has 1 aromatic rings. The van der Waals surface area contributed by atoms with Gasteiger partial charge in [-0.3, -0.25) is 4.79 Å². The van der Waals surface area contributed by atoms with Crippen LogP contribution in [0.25, 0.3) is 6.08 Å². The second-order valence-corrected chi connectivity index (χ2v) is 6.86. The van der Waals surface area contributed by atoms with Crippen LogP contribution < -0.4 is 0 Å². The minimum absolute atomic E-state index is 0.242. The van der Waals surface area contributed by atoms with E-state index in [1.807, 2.05) is 48.5 Å². The molecule has 3 N–H and O–H groups in total. The number of halogens is 1. The van der Waals surface area contributed by atoms with Crippen molar-refractivity contribution in [3.63, 3.8) is 0 Å². The van der Waals surface area contributed by atoms with Crippen LogP contribution in [0.3, 0.4) is 0 Å². The molecule has 0 bridgehead atoms. The van der Waals surface area contributed by atoms with Gasteiger partial charge in [-0.2, -0.15) is 0 Å². The molecule has 4 nitrogen and oxygen atoms in total. The third-order valence-electron chi connectivity index (χ3n) is 4.29. The van der Waals surface area contributed by atoms with Gasteiger partial charge in [-0.15, -0.1) is 0 Å². The molecular weight excluding hydrogens is 443 g/mol. The molecule has 1 atom stereocenters. The van der Waals surface area contributed by atoms with Gasteiger partial charge in [0.05, 0.1) is 6.10 Å². The summed E-state index contributed by atoms with van der Waals surface area (Å²) in [5.41, 5.74) is 0.897. The summed E-state index contributed by atoms with van der Waals surface area (Å²) in [6.45, 7) is 16.0. The van der Waals surface area contributed by atoms with Crippen LogP contribution in [0, 0.1) is 5.82 Å². The molecule has 1 aromatic carbocycles. The fourth-order valence-corrected chi connectivity index (χ4v) is 2.52. The van der Waals surface area contributed by atoms with Crippen molar-refractivity contribution in [3.05, 3.63) is 41.7 Å². The number of carboxylic acids is 1. The zero-order valence-electron chi connectivity index (χ0n) is 24.4. The van der Waals surface area contributed by atoms with Gasteiger partial charge in [0.15, 0.2) is 0 Å². The van der Waals surface area contributed by atoms with Crippen molar-refractivity contribution in [2.24, 2.45) is 0 Å². The summed E-state index contributed by atoms with van der Waals surface area (Å²) < 4.78 is 12.5. The first-order valence-electron chi connectivity index (χ1n) is 13.8. The van der Waals surface area contributed by atoms with E-state index in [-0.39, 0.29) is 5.82 Å². The summed E-state index contributed by atoms with van der Waals surface area (Å²) >= 11 is 0. The van der Waals surface area contributed by atoms with Crippen LogP contribution in [0.2, 0.25) is 0 Å². The van der Waals surface area contributed by atoms with E-state index in [2.05, 4.69) is 6.92 Å². The zero-order chi connectivity index (χ0) is 28.3. The van der Waals surface area contributed by atoms with Crippen LogP contribution in [0.15, 0.2) is 30.3 Å². The Morgan fingerprint density at radius 2 is 1.29 bits per heavy atom. The third kappa shape index (κ3) is 42.9. The lowest BCUT2D eigenvalue weighted by molar-refractivity contribution is -0.137. The van der Waals surface area contributed by atoms with Gasteiger partial charge in [0.1, 0.15) is 5.82 Å². The largest absolute Gasteiger partial charge is 0.481 e. The molecule has 0 amide bonds. The minimum Gasteiger partial charge on any atom is -0.481 e. The molecule has 1 aliphatic rings. The summed E-state index contributed by atoms with van der Waals surface area (Å²) in [6.07, 6.45) is 15.8. The fourth-order valence-electron chi connectivity index (χ4n) is 2.52. The standard InChI is InChI=1S/C11H13FO.C7H14O2.C5H10.3C2H6.CH4O/c1-2-11(13)8-5-9-3-6-10(12)7-4-9;1-2-3-4-5-6-7(8)9;1-2-4-5-3-1;4*1-2/h3-8,11,13H,2H2,1H3;2-6H2,1H3,(H,8,9);1-5H2;3*1-2H3;2H,1H3/b8-5+;;;;;;. The number of hydrogen-bond acceptors (Lipinski definition) is 3. The molecule has 0 radical (unpaired) electrons. The average molecular weight is 503 g/mol.